The summed E-state index contributed by atoms with van der Waals surface area (Å²) in [5.41, 5.74) is 0.799. The van der Waals surface area contributed by atoms with Gasteiger partial charge in [-0.2, -0.15) is 0 Å². The molecule has 110 valence electrons. The highest BCUT2D eigenvalue weighted by atomic mass is 16.5. The molecule has 0 heterocycles. The number of benzene rings is 1. The number of hydrogen-bond acceptors (Lipinski definition) is 3. The van der Waals surface area contributed by atoms with Crippen LogP contribution in [0.5, 0.6) is 5.75 Å². The Hall–Kier alpha value is -1.55. The van der Waals surface area contributed by atoms with Crippen LogP contribution in [-0.4, -0.2) is 26.1 Å². The van der Waals surface area contributed by atoms with Crippen LogP contribution in [0, 0.1) is 5.92 Å². The second-order valence-electron chi connectivity index (χ2n) is 5.39. The predicted octanol–water partition coefficient (Wildman–Crippen LogP) is 2.80. The van der Waals surface area contributed by atoms with Gasteiger partial charge in [-0.3, -0.25) is 4.79 Å². The summed E-state index contributed by atoms with van der Waals surface area (Å²) in [4.78, 5) is 11.8. The molecule has 1 fully saturated rings. The number of rotatable bonds is 7. The zero-order valence-electron chi connectivity index (χ0n) is 12.2. The van der Waals surface area contributed by atoms with Gasteiger partial charge in [0.2, 0.25) is 5.91 Å². The van der Waals surface area contributed by atoms with Crippen LogP contribution in [0.1, 0.15) is 32.1 Å². The monoisotopic (exact) mass is 276 g/mol. The van der Waals surface area contributed by atoms with Crippen molar-refractivity contribution in [3.63, 3.8) is 0 Å². The summed E-state index contributed by atoms with van der Waals surface area (Å²) in [7, 11) is 1.63. The largest absolute Gasteiger partial charge is 0.497 e. The lowest BCUT2D eigenvalue weighted by Gasteiger charge is -2.10. The van der Waals surface area contributed by atoms with Gasteiger partial charge in [0.05, 0.1) is 13.7 Å². The molecular formula is C16H24N2O2. The van der Waals surface area contributed by atoms with E-state index in [0.717, 1.165) is 23.9 Å². The van der Waals surface area contributed by atoms with Gasteiger partial charge < -0.3 is 15.4 Å². The van der Waals surface area contributed by atoms with Crippen LogP contribution in [0.15, 0.2) is 24.3 Å². The number of amides is 1. The van der Waals surface area contributed by atoms with E-state index in [9.17, 15) is 4.79 Å². The van der Waals surface area contributed by atoms with E-state index in [2.05, 4.69) is 10.6 Å². The van der Waals surface area contributed by atoms with Crippen LogP contribution in [0.2, 0.25) is 0 Å². The quantitative estimate of drug-likeness (QED) is 0.753. The standard InChI is InChI=1S/C16H24N2O2/c1-20-15-8-6-14(7-9-15)18-16(19)12-17-11-10-13-4-2-3-5-13/h6-9,13,17H,2-5,10-12H2,1H3,(H,18,19). The Balaban J connectivity index is 1.61. The van der Waals surface area contributed by atoms with Gasteiger partial charge in [0.25, 0.3) is 0 Å². The van der Waals surface area contributed by atoms with Crippen LogP contribution in [0.3, 0.4) is 0 Å². The minimum Gasteiger partial charge on any atom is -0.497 e. The Kier molecular flexibility index (Phi) is 5.87. The van der Waals surface area contributed by atoms with Crippen molar-refractivity contribution in [1.82, 2.24) is 5.32 Å². The van der Waals surface area contributed by atoms with E-state index in [1.165, 1.54) is 32.1 Å². The maximum absolute atomic E-state index is 11.8. The van der Waals surface area contributed by atoms with Crippen molar-refractivity contribution >= 4 is 11.6 Å². The summed E-state index contributed by atoms with van der Waals surface area (Å²) < 4.78 is 5.08. The van der Waals surface area contributed by atoms with Crippen molar-refractivity contribution in [3.05, 3.63) is 24.3 Å². The van der Waals surface area contributed by atoms with Crippen molar-refractivity contribution in [2.45, 2.75) is 32.1 Å². The average molecular weight is 276 g/mol. The third-order valence-electron chi connectivity index (χ3n) is 3.86. The highest BCUT2D eigenvalue weighted by molar-refractivity contribution is 5.92. The molecular weight excluding hydrogens is 252 g/mol. The lowest BCUT2D eigenvalue weighted by Crippen LogP contribution is -2.29. The maximum Gasteiger partial charge on any atom is 0.238 e. The number of hydrogen-bond donors (Lipinski definition) is 2. The van der Waals surface area contributed by atoms with Gasteiger partial charge in [0.1, 0.15) is 5.75 Å². The molecule has 0 aromatic heterocycles. The first-order valence-corrected chi connectivity index (χ1v) is 7.42. The summed E-state index contributed by atoms with van der Waals surface area (Å²) in [5.74, 6) is 1.66. The minimum atomic E-state index is 0.00147. The smallest absolute Gasteiger partial charge is 0.238 e. The highest BCUT2D eigenvalue weighted by Crippen LogP contribution is 2.26. The van der Waals surface area contributed by atoms with Crippen molar-refractivity contribution in [2.24, 2.45) is 5.92 Å². The Labute approximate surface area is 120 Å². The Morgan fingerprint density at radius 1 is 1.25 bits per heavy atom. The van der Waals surface area contributed by atoms with E-state index in [4.69, 9.17) is 4.74 Å². The van der Waals surface area contributed by atoms with E-state index in [1.807, 2.05) is 24.3 Å². The number of anilines is 1. The second kappa shape index (κ2) is 7.90. The fraction of sp³-hybridized carbons (Fsp3) is 0.562. The van der Waals surface area contributed by atoms with E-state index in [1.54, 1.807) is 7.11 Å². The molecule has 2 N–H and O–H groups in total. The number of ether oxygens (including phenoxy) is 1. The lowest BCUT2D eigenvalue weighted by atomic mass is 10.0. The Morgan fingerprint density at radius 3 is 2.60 bits per heavy atom. The number of nitrogens with one attached hydrogen (secondary N) is 2. The molecule has 1 aliphatic carbocycles. The van der Waals surface area contributed by atoms with Crippen LogP contribution >= 0.6 is 0 Å². The van der Waals surface area contributed by atoms with Crippen LogP contribution < -0.4 is 15.4 Å². The molecule has 0 radical (unpaired) electrons. The van der Waals surface area contributed by atoms with E-state index >= 15 is 0 Å². The normalized spacial score (nSPS) is 15.2. The summed E-state index contributed by atoms with van der Waals surface area (Å²) in [6, 6.07) is 7.36. The van der Waals surface area contributed by atoms with E-state index in [0.29, 0.717) is 6.54 Å². The molecule has 1 aromatic carbocycles. The third kappa shape index (κ3) is 4.85. The Bertz CT molecular complexity index is 411. The maximum atomic E-state index is 11.8. The first-order chi connectivity index (χ1) is 9.78. The van der Waals surface area contributed by atoms with E-state index in [-0.39, 0.29) is 5.91 Å². The number of methoxy groups -OCH3 is 1. The summed E-state index contributed by atoms with van der Waals surface area (Å²) in [6.45, 7) is 1.31. The number of carbonyl (C=O) groups is 1. The highest BCUT2D eigenvalue weighted by Gasteiger charge is 2.14. The van der Waals surface area contributed by atoms with Gasteiger partial charge in [-0.05, 0) is 43.1 Å². The van der Waals surface area contributed by atoms with Crippen LogP contribution in [-0.2, 0) is 4.79 Å². The molecule has 4 nitrogen and oxygen atoms in total. The van der Waals surface area contributed by atoms with Crippen molar-refractivity contribution in [2.75, 3.05) is 25.5 Å². The van der Waals surface area contributed by atoms with Gasteiger partial charge >= 0.3 is 0 Å². The molecule has 20 heavy (non-hydrogen) atoms. The molecule has 0 bridgehead atoms. The zero-order valence-corrected chi connectivity index (χ0v) is 12.2. The second-order valence-corrected chi connectivity index (χ2v) is 5.39. The Morgan fingerprint density at radius 2 is 1.95 bits per heavy atom. The third-order valence-corrected chi connectivity index (χ3v) is 3.86. The van der Waals surface area contributed by atoms with Gasteiger partial charge in [-0.15, -0.1) is 0 Å². The van der Waals surface area contributed by atoms with Crippen LogP contribution in [0.4, 0.5) is 5.69 Å². The molecule has 0 saturated heterocycles. The van der Waals surface area contributed by atoms with E-state index < -0.39 is 0 Å². The molecule has 0 spiro atoms. The molecule has 1 saturated carbocycles. The fourth-order valence-electron chi connectivity index (χ4n) is 2.69. The first kappa shape index (κ1) is 14.9. The van der Waals surface area contributed by atoms with Crippen molar-refractivity contribution in [3.8, 4) is 5.75 Å². The van der Waals surface area contributed by atoms with Gasteiger partial charge in [0.15, 0.2) is 0 Å². The molecule has 0 aliphatic heterocycles. The minimum absolute atomic E-state index is 0.00147. The zero-order chi connectivity index (χ0) is 14.2. The fourth-order valence-corrected chi connectivity index (χ4v) is 2.69. The summed E-state index contributed by atoms with van der Waals surface area (Å²) in [5, 5.41) is 6.08. The van der Waals surface area contributed by atoms with Crippen molar-refractivity contribution in [1.29, 1.82) is 0 Å². The average Bonchev–Trinajstić information content (AvgIpc) is 2.98. The number of carbonyl (C=O) groups excluding carboxylic acids is 1. The molecule has 4 heteroatoms. The summed E-state index contributed by atoms with van der Waals surface area (Å²) >= 11 is 0. The molecule has 1 aromatic rings. The van der Waals surface area contributed by atoms with Gasteiger partial charge in [-0.25, -0.2) is 0 Å². The molecule has 0 atom stereocenters. The molecule has 0 unspecified atom stereocenters. The molecule has 1 aliphatic rings. The first-order valence-electron chi connectivity index (χ1n) is 7.42. The van der Waals surface area contributed by atoms with Gasteiger partial charge in [-0.1, -0.05) is 25.7 Å². The van der Waals surface area contributed by atoms with Crippen LogP contribution in [0.25, 0.3) is 0 Å². The molecule has 1 amide bonds. The predicted molar refractivity (Wildman–Crippen MR) is 81.1 cm³/mol. The SMILES string of the molecule is COc1ccc(NC(=O)CNCCC2CCCC2)cc1. The summed E-state index contributed by atoms with van der Waals surface area (Å²) in [6.07, 6.45) is 6.67. The molecule has 2 rings (SSSR count). The van der Waals surface area contributed by atoms with Gasteiger partial charge in [0, 0.05) is 5.69 Å². The topological polar surface area (TPSA) is 50.4 Å². The lowest BCUT2D eigenvalue weighted by molar-refractivity contribution is -0.115. The van der Waals surface area contributed by atoms with Crippen molar-refractivity contribution < 1.29 is 9.53 Å².